The zero-order valence-corrected chi connectivity index (χ0v) is 9.04. The van der Waals surface area contributed by atoms with E-state index in [1.807, 2.05) is 41.1 Å². The molecule has 4 heteroatoms. The zero-order valence-electron chi connectivity index (χ0n) is 9.04. The molecule has 16 heavy (non-hydrogen) atoms. The number of nitrogens with zero attached hydrogens (tertiary/aromatic N) is 2. The standard InChI is InChI=1S/C12H15N3O/c13-8-12-14-6-7-15(12)10-16-9-11-4-2-1-3-5-11/h1-7H,8-10,13H2. The number of ether oxygens (including phenoxy) is 1. The molecular formula is C12H15N3O. The molecule has 2 rings (SSSR count). The van der Waals surface area contributed by atoms with Gasteiger partial charge in [-0.3, -0.25) is 0 Å². The molecule has 0 amide bonds. The van der Waals surface area contributed by atoms with Gasteiger partial charge in [0.15, 0.2) is 0 Å². The Labute approximate surface area is 94.7 Å². The molecule has 0 atom stereocenters. The van der Waals surface area contributed by atoms with Crippen LogP contribution in [0, 0.1) is 0 Å². The van der Waals surface area contributed by atoms with E-state index in [1.165, 1.54) is 0 Å². The monoisotopic (exact) mass is 217 g/mol. The van der Waals surface area contributed by atoms with Gasteiger partial charge in [-0.15, -0.1) is 0 Å². The zero-order chi connectivity index (χ0) is 11.2. The maximum absolute atomic E-state index is 5.57. The SMILES string of the molecule is NCc1nccn1COCc1ccccc1. The molecule has 2 N–H and O–H groups in total. The molecule has 0 saturated heterocycles. The second-order valence-corrected chi connectivity index (χ2v) is 3.48. The minimum Gasteiger partial charge on any atom is -0.356 e. The molecule has 0 saturated carbocycles. The van der Waals surface area contributed by atoms with Crippen molar-refractivity contribution < 1.29 is 4.74 Å². The molecule has 0 aliphatic carbocycles. The van der Waals surface area contributed by atoms with Crippen LogP contribution in [0.1, 0.15) is 11.4 Å². The van der Waals surface area contributed by atoms with Gasteiger partial charge in [0.1, 0.15) is 12.6 Å². The molecule has 4 nitrogen and oxygen atoms in total. The van der Waals surface area contributed by atoms with E-state index in [0.29, 0.717) is 19.9 Å². The fourth-order valence-electron chi connectivity index (χ4n) is 1.48. The molecule has 0 spiro atoms. The predicted molar refractivity (Wildman–Crippen MR) is 61.3 cm³/mol. The lowest BCUT2D eigenvalue weighted by molar-refractivity contribution is 0.0622. The highest BCUT2D eigenvalue weighted by molar-refractivity contribution is 5.13. The summed E-state index contributed by atoms with van der Waals surface area (Å²) in [5.74, 6) is 0.841. The second kappa shape index (κ2) is 5.44. The van der Waals surface area contributed by atoms with E-state index < -0.39 is 0 Å². The molecule has 0 aliphatic rings. The van der Waals surface area contributed by atoms with E-state index in [0.717, 1.165) is 11.4 Å². The quantitative estimate of drug-likeness (QED) is 0.826. The number of rotatable bonds is 5. The maximum atomic E-state index is 5.57. The summed E-state index contributed by atoms with van der Waals surface area (Å²) in [5.41, 5.74) is 6.70. The predicted octanol–water partition coefficient (Wildman–Crippen LogP) is 1.52. The highest BCUT2D eigenvalue weighted by atomic mass is 16.5. The first kappa shape index (κ1) is 10.9. The van der Waals surface area contributed by atoms with Crippen molar-refractivity contribution >= 4 is 0 Å². The summed E-state index contributed by atoms with van der Waals surface area (Å²) in [6, 6.07) is 10.1. The number of hydrogen-bond acceptors (Lipinski definition) is 3. The van der Waals surface area contributed by atoms with Crippen molar-refractivity contribution in [3.8, 4) is 0 Å². The van der Waals surface area contributed by atoms with Crippen LogP contribution in [0.5, 0.6) is 0 Å². The Hall–Kier alpha value is -1.65. The van der Waals surface area contributed by atoms with Crippen LogP contribution in [0.15, 0.2) is 42.7 Å². The van der Waals surface area contributed by atoms with Gasteiger partial charge >= 0.3 is 0 Å². The van der Waals surface area contributed by atoms with Crippen LogP contribution < -0.4 is 5.73 Å². The molecule has 0 bridgehead atoms. The van der Waals surface area contributed by atoms with Crippen molar-refractivity contribution in [3.05, 3.63) is 54.1 Å². The summed E-state index contributed by atoms with van der Waals surface area (Å²) in [7, 11) is 0. The number of aromatic nitrogens is 2. The number of hydrogen-bond donors (Lipinski definition) is 1. The topological polar surface area (TPSA) is 53.1 Å². The van der Waals surface area contributed by atoms with Crippen LogP contribution in [0.25, 0.3) is 0 Å². The minimum absolute atomic E-state index is 0.432. The van der Waals surface area contributed by atoms with E-state index in [2.05, 4.69) is 4.98 Å². The lowest BCUT2D eigenvalue weighted by Crippen LogP contribution is -2.10. The number of nitrogens with two attached hydrogens (primary N) is 1. The van der Waals surface area contributed by atoms with Crippen molar-refractivity contribution in [2.24, 2.45) is 5.73 Å². The van der Waals surface area contributed by atoms with E-state index in [-0.39, 0.29) is 0 Å². The first-order valence-corrected chi connectivity index (χ1v) is 5.22. The molecule has 0 aliphatic heterocycles. The molecular weight excluding hydrogens is 202 g/mol. The average Bonchev–Trinajstić information content (AvgIpc) is 2.78. The van der Waals surface area contributed by atoms with E-state index >= 15 is 0 Å². The van der Waals surface area contributed by atoms with Gasteiger partial charge in [-0.05, 0) is 5.56 Å². The van der Waals surface area contributed by atoms with Gasteiger partial charge in [-0.1, -0.05) is 30.3 Å². The van der Waals surface area contributed by atoms with Crippen LogP contribution in [0.4, 0.5) is 0 Å². The van der Waals surface area contributed by atoms with Crippen LogP contribution in [0.2, 0.25) is 0 Å². The largest absolute Gasteiger partial charge is 0.356 e. The Morgan fingerprint density at radius 1 is 1.25 bits per heavy atom. The Morgan fingerprint density at radius 3 is 2.81 bits per heavy atom. The van der Waals surface area contributed by atoms with Crippen molar-refractivity contribution in [1.29, 1.82) is 0 Å². The smallest absolute Gasteiger partial charge is 0.124 e. The minimum atomic E-state index is 0.432. The summed E-state index contributed by atoms with van der Waals surface area (Å²) < 4.78 is 7.48. The van der Waals surface area contributed by atoms with Gasteiger partial charge in [0.2, 0.25) is 0 Å². The van der Waals surface area contributed by atoms with E-state index in [9.17, 15) is 0 Å². The van der Waals surface area contributed by atoms with Crippen molar-refractivity contribution in [3.63, 3.8) is 0 Å². The molecule has 1 aromatic heterocycles. The van der Waals surface area contributed by atoms with Gasteiger partial charge in [0.25, 0.3) is 0 Å². The molecule has 0 radical (unpaired) electrons. The average molecular weight is 217 g/mol. The molecule has 0 unspecified atom stereocenters. The van der Waals surface area contributed by atoms with Crippen LogP contribution >= 0.6 is 0 Å². The first-order chi connectivity index (χ1) is 7.90. The van der Waals surface area contributed by atoms with Gasteiger partial charge in [0.05, 0.1) is 13.2 Å². The fraction of sp³-hybridized carbons (Fsp3) is 0.250. The third kappa shape index (κ3) is 2.68. The first-order valence-electron chi connectivity index (χ1n) is 5.22. The Morgan fingerprint density at radius 2 is 2.06 bits per heavy atom. The molecule has 0 fully saturated rings. The molecule has 84 valence electrons. The third-order valence-corrected chi connectivity index (χ3v) is 2.33. The second-order valence-electron chi connectivity index (χ2n) is 3.48. The molecule has 1 heterocycles. The molecule has 2 aromatic rings. The van der Waals surface area contributed by atoms with E-state index in [1.54, 1.807) is 6.20 Å². The summed E-state index contributed by atoms with van der Waals surface area (Å²) in [5, 5.41) is 0. The summed E-state index contributed by atoms with van der Waals surface area (Å²) in [6.45, 7) is 1.52. The number of benzene rings is 1. The normalized spacial score (nSPS) is 10.6. The Balaban J connectivity index is 1.85. The maximum Gasteiger partial charge on any atom is 0.124 e. The third-order valence-electron chi connectivity index (χ3n) is 2.33. The van der Waals surface area contributed by atoms with Gasteiger partial charge in [-0.2, -0.15) is 0 Å². The van der Waals surface area contributed by atoms with Crippen LogP contribution in [-0.2, 0) is 24.6 Å². The molecule has 1 aromatic carbocycles. The summed E-state index contributed by atoms with van der Waals surface area (Å²) in [6.07, 6.45) is 3.60. The van der Waals surface area contributed by atoms with Crippen molar-refractivity contribution in [1.82, 2.24) is 9.55 Å². The van der Waals surface area contributed by atoms with Crippen LogP contribution in [-0.4, -0.2) is 9.55 Å². The van der Waals surface area contributed by atoms with Gasteiger partial charge in [-0.25, -0.2) is 4.98 Å². The van der Waals surface area contributed by atoms with Gasteiger partial charge < -0.3 is 15.0 Å². The lowest BCUT2D eigenvalue weighted by atomic mass is 10.2. The summed E-state index contributed by atoms with van der Waals surface area (Å²) in [4.78, 5) is 4.12. The number of imidazole rings is 1. The Bertz CT molecular complexity index is 425. The summed E-state index contributed by atoms with van der Waals surface area (Å²) >= 11 is 0. The van der Waals surface area contributed by atoms with Crippen molar-refractivity contribution in [2.45, 2.75) is 19.9 Å². The van der Waals surface area contributed by atoms with Gasteiger partial charge in [0, 0.05) is 12.4 Å². The lowest BCUT2D eigenvalue weighted by Gasteiger charge is -2.07. The highest BCUT2D eigenvalue weighted by Gasteiger charge is 1.99. The van der Waals surface area contributed by atoms with Crippen LogP contribution in [0.3, 0.4) is 0 Å². The fourth-order valence-corrected chi connectivity index (χ4v) is 1.48. The Kier molecular flexibility index (Phi) is 3.69. The van der Waals surface area contributed by atoms with E-state index in [4.69, 9.17) is 10.5 Å². The highest BCUT2D eigenvalue weighted by Crippen LogP contribution is 2.03. The van der Waals surface area contributed by atoms with Crippen molar-refractivity contribution in [2.75, 3.05) is 0 Å².